The second-order valence-electron chi connectivity index (χ2n) is 11.2. The van der Waals surface area contributed by atoms with Gasteiger partial charge in [0.1, 0.15) is 0 Å². The molecule has 4 amide bonds. The molecule has 6 rings (SSSR count). The maximum atomic E-state index is 12.9. The number of nitrogens with one attached hydrogen (secondary N) is 3. The van der Waals surface area contributed by atoms with Crippen LogP contribution in [0.25, 0.3) is 0 Å². The first-order chi connectivity index (χ1) is 17.3. The van der Waals surface area contributed by atoms with Crippen LogP contribution in [-0.2, 0) is 9.53 Å². The first-order valence-electron chi connectivity index (χ1n) is 13.5. The Balaban J connectivity index is 1.29. The van der Waals surface area contributed by atoms with Gasteiger partial charge in [0.15, 0.2) is 0 Å². The number of benzene rings is 1. The lowest BCUT2D eigenvalue weighted by Crippen LogP contribution is -2.60. The normalized spacial score (nSPS) is 30.8. The number of nitrogens with zero attached hydrogens (tertiary/aromatic N) is 1. The standard InChI is InChI=1S/C28H38N4O4/c1-4-10-32-17(3)23(25(33)36-5-2)24(30-27(32)35)21-6-8-22(9-7-21)29-26(34)31-28-14-18-11-19(15-28)13-20(12-18)16-28/h6-9,18-20,24H,4-5,10-16H2,1-3H3,(H,30,35)(H2,29,31,34). The molecule has 4 saturated carbocycles. The summed E-state index contributed by atoms with van der Waals surface area (Å²) in [5.74, 6) is 1.86. The molecule has 4 bridgehead atoms. The van der Waals surface area contributed by atoms with Crippen molar-refractivity contribution < 1.29 is 19.1 Å². The molecule has 1 aliphatic heterocycles. The lowest BCUT2D eigenvalue weighted by Gasteiger charge is -2.56. The summed E-state index contributed by atoms with van der Waals surface area (Å²) in [5, 5.41) is 9.29. The maximum absolute atomic E-state index is 12.9. The van der Waals surface area contributed by atoms with E-state index in [0.29, 0.717) is 23.5 Å². The lowest BCUT2D eigenvalue weighted by atomic mass is 9.53. The molecule has 0 saturated heterocycles. The van der Waals surface area contributed by atoms with Gasteiger partial charge in [0.25, 0.3) is 0 Å². The van der Waals surface area contributed by atoms with Crippen molar-refractivity contribution in [1.82, 2.24) is 15.5 Å². The van der Waals surface area contributed by atoms with Crippen molar-refractivity contribution in [1.29, 1.82) is 0 Å². The molecule has 8 heteroatoms. The van der Waals surface area contributed by atoms with E-state index in [1.807, 2.05) is 31.2 Å². The summed E-state index contributed by atoms with van der Waals surface area (Å²) in [4.78, 5) is 40.1. The minimum Gasteiger partial charge on any atom is -0.463 e. The van der Waals surface area contributed by atoms with E-state index >= 15 is 0 Å². The van der Waals surface area contributed by atoms with E-state index in [2.05, 4.69) is 16.0 Å². The Bertz CT molecular complexity index is 1030. The number of anilines is 1. The van der Waals surface area contributed by atoms with Gasteiger partial charge in [-0.25, -0.2) is 14.4 Å². The van der Waals surface area contributed by atoms with Crippen LogP contribution in [0.15, 0.2) is 35.5 Å². The van der Waals surface area contributed by atoms with Crippen LogP contribution < -0.4 is 16.0 Å². The van der Waals surface area contributed by atoms with Crippen molar-refractivity contribution >= 4 is 23.7 Å². The number of urea groups is 2. The second-order valence-corrected chi connectivity index (χ2v) is 11.2. The van der Waals surface area contributed by atoms with Crippen LogP contribution in [0.3, 0.4) is 0 Å². The Labute approximate surface area is 213 Å². The molecular formula is C28H38N4O4. The van der Waals surface area contributed by atoms with Crippen LogP contribution >= 0.6 is 0 Å². The Morgan fingerprint density at radius 3 is 2.22 bits per heavy atom. The summed E-state index contributed by atoms with van der Waals surface area (Å²) >= 11 is 0. The van der Waals surface area contributed by atoms with Crippen LogP contribution in [-0.4, -0.2) is 41.6 Å². The van der Waals surface area contributed by atoms with Crippen LogP contribution in [0.5, 0.6) is 0 Å². The predicted octanol–water partition coefficient (Wildman–Crippen LogP) is 5.09. The molecule has 0 radical (unpaired) electrons. The number of hydrogen-bond acceptors (Lipinski definition) is 4. The number of carbonyl (C=O) groups excluding carboxylic acids is 3. The zero-order valence-corrected chi connectivity index (χ0v) is 21.6. The van der Waals surface area contributed by atoms with Gasteiger partial charge in [0.05, 0.1) is 18.2 Å². The minimum absolute atomic E-state index is 0.0492. The van der Waals surface area contributed by atoms with Gasteiger partial charge >= 0.3 is 18.0 Å². The van der Waals surface area contributed by atoms with Crippen LogP contribution in [0.4, 0.5) is 15.3 Å². The van der Waals surface area contributed by atoms with Crippen LogP contribution in [0.2, 0.25) is 0 Å². The fraction of sp³-hybridized carbons (Fsp3) is 0.607. The number of allylic oxidation sites excluding steroid dienone is 1. The molecule has 5 aliphatic rings. The first kappa shape index (κ1) is 24.7. The molecule has 8 nitrogen and oxygen atoms in total. The topological polar surface area (TPSA) is 99.8 Å². The highest BCUT2D eigenvalue weighted by Gasteiger charge is 2.51. The van der Waals surface area contributed by atoms with E-state index in [0.717, 1.165) is 49.0 Å². The molecule has 36 heavy (non-hydrogen) atoms. The largest absolute Gasteiger partial charge is 0.463 e. The smallest absolute Gasteiger partial charge is 0.338 e. The maximum Gasteiger partial charge on any atom is 0.338 e. The van der Waals surface area contributed by atoms with Gasteiger partial charge in [-0.3, -0.25) is 4.90 Å². The molecule has 1 aromatic rings. The number of ether oxygens (including phenoxy) is 1. The predicted molar refractivity (Wildman–Crippen MR) is 137 cm³/mol. The fourth-order valence-electron chi connectivity index (χ4n) is 7.42. The van der Waals surface area contributed by atoms with Gasteiger partial charge in [-0.1, -0.05) is 19.1 Å². The van der Waals surface area contributed by atoms with Crippen molar-refractivity contribution in [3.63, 3.8) is 0 Å². The number of amides is 4. The van der Waals surface area contributed by atoms with Crippen molar-refractivity contribution in [3.8, 4) is 0 Å². The number of esters is 1. The zero-order chi connectivity index (χ0) is 25.4. The number of rotatable bonds is 7. The molecule has 1 aromatic carbocycles. The van der Waals surface area contributed by atoms with Gasteiger partial charge < -0.3 is 20.7 Å². The molecule has 1 unspecified atom stereocenters. The molecule has 4 aliphatic carbocycles. The zero-order valence-electron chi connectivity index (χ0n) is 21.6. The highest BCUT2D eigenvalue weighted by Crippen LogP contribution is 2.55. The summed E-state index contributed by atoms with van der Waals surface area (Å²) < 4.78 is 5.32. The van der Waals surface area contributed by atoms with Gasteiger partial charge in [0.2, 0.25) is 0 Å². The van der Waals surface area contributed by atoms with Gasteiger partial charge in [-0.05, 0) is 94.2 Å². The lowest BCUT2D eigenvalue weighted by molar-refractivity contribution is -0.139. The molecular weight excluding hydrogens is 456 g/mol. The van der Waals surface area contributed by atoms with Gasteiger partial charge in [-0.15, -0.1) is 0 Å². The average Bonchev–Trinajstić information content (AvgIpc) is 2.80. The molecule has 1 atom stereocenters. The van der Waals surface area contributed by atoms with E-state index in [4.69, 9.17) is 4.74 Å². The van der Waals surface area contributed by atoms with E-state index in [1.165, 1.54) is 19.3 Å². The third-order valence-electron chi connectivity index (χ3n) is 8.46. The summed E-state index contributed by atoms with van der Waals surface area (Å²) in [5.41, 5.74) is 2.43. The monoisotopic (exact) mass is 494 g/mol. The molecule has 0 aromatic heterocycles. The molecule has 194 valence electrons. The van der Waals surface area contributed by atoms with Crippen LogP contribution in [0, 0.1) is 17.8 Å². The molecule has 0 spiro atoms. The minimum atomic E-state index is -0.612. The molecule has 3 N–H and O–H groups in total. The third-order valence-corrected chi connectivity index (χ3v) is 8.46. The third kappa shape index (κ3) is 4.70. The van der Waals surface area contributed by atoms with Gasteiger partial charge in [0, 0.05) is 23.5 Å². The highest BCUT2D eigenvalue weighted by molar-refractivity contribution is 5.95. The van der Waals surface area contributed by atoms with Crippen molar-refractivity contribution in [2.75, 3.05) is 18.5 Å². The number of carbonyl (C=O) groups is 3. The molecule has 1 heterocycles. The summed E-state index contributed by atoms with van der Waals surface area (Å²) in [7, 11) is 0. The van der Waals surface area contributed by atoms with Crippen molar-refractivity contribution in [2.24, 2.45) is 17.8 Å². The quantitative estimate of drug-likeness (QED) is 0.460. The van der Waals surface area contributed by atoms with E-state index in [1.54, 1.807) is 18.7 Å². The summed E-state index contributed by atoms with van der Waals surface area (Å²) in [6, 6.07) is 6.31. The molecule has 4 fully saturated rings. The Kier molecular flexibility index (Phi) is 6.70. The Hall–Kier alpha value is -3.03. The average molecular weight is 495 g/mol. The van der Waals surface area contributed by atoms with Crippen molar-refractivity contribution in [2.45, 2.75) is 77.3 Å². The van der Waals surface area contributed by atoms with Crippen molar-refractivity contribution in [3.05, 3.63) is 41.1 Å². The highest BCUT2D eigenvalue weighted by atomic mass is 16.5. The fourth-order valence-corrected chi connectivity index (χ4v) is 7.42. The first-order valence-corrected chi connectivity index (χ1v) is 13.5. The van der Waals surface area contributed by atoms with E-state index in [-0.39, 0.29) is 24.2 Å². The van der Waals surface area contributed by atoms with Gasteiger partial charge in [-0.2, -0.15) is 0 Å². The SMILES string of the molecule is CCCN1C(=O)NC(c2ccc(NC(=O)NC34CC5CC(CC(C5)C3)C4)cc2)C(C(=O)OCC)=C1C. The van der Waals surface area contributed by atoms with E-state index < -0.39 is 12.0 Å². The van der Waals surface area contributed by atoms with E-state index in [9.17, 15) is 14.4 Å². The number of hydrogen-bond donors (Lipinski definition) is 3. The Morgan fingerprint density at radius 1 is 1.06 bits per heavy atom. The van der Waals surface area contributed by atoms with Crippen LogP contribution in [0.1, 0.15) is 77.3 Å². The summed E-state index contributed by atoms with van der Waals surface area (Å²) in [6.45, 7) is 6.32. The Morgan fingerprint density at radius 2 is 1.67 bits per heavy atom. The second kappa shape index (κ2) is 9.79. The summed E-state index contributed by atoms with van der Waals surface area (Å²) in [6.07, 6.45) is 8.08.